The molecule has 0 radical (unpaired) electrons. The van der Waals surface area contributed by atoms with Crippen LogP contribution in [0.1, 0.15) is 0 Å². The molecule has 0 aliphatic carbocycles. The van der Waals surface area contributed by atoms with Gasteiger partial charge in [-0.25, -0.2) is 0 Å². The van der Waals surface area contributed by atoms with Crippen molar-refractivity contribution in [3.8, 4) is 11.8 Å². The summed E-state index contributed by atoms with van der Waals surface area (Å²) >= 11 is 0. The SMILES string of the molecule is COc1cc(OC)n2nccc2n1. The lowest BCUT2D eigenvalue weighted by Gasteiger charge is -2.04. The highest BCUT2D eigenvalue weighted by Crippen LogP contribution is 2.18. The van der Waals surface area contributed by atoms with Crippen molar-refractivity contribution in [1.82, 2.24) is 14.6 Å². The number of rotatable bonds is 2. The molecule has 2 rings (SSSR count). The molecule has 0 atom stereocenters. The molecule has 0 fully saturated rings. The first-order chi connectivity index (χ1) is 6.35. The van der Waals surface area contributed by atoms with E-state index in [2.05, 4.69) is 10.1 Å². The second-order valence-electron chi connectivity index (χ2n) is 2.44. The third kappa shape index (κ3) is 1.18. The zero-order valence-electron chi connectivity index (χ0n) is 7.39. The molecule has 0 saturated heterocycles. The van der Waals surface area contributed by atoms with Gasteiger partial charge in [0.25, 0.3) is 0 Å². The summed E-state index contributed by atoms with van der Waals surface area (Å²) in [7, 11) is 3.14. The summed E-state index contributed by atoms with van der Waals surface area (Å²) in [6.07, 6.45) is 1.66. The van der Waals surface area contributed by atoms with Crippen LogP contribution in [-0.4, -0.2) is 28.8 Å². The minimum absolute atomic E-state index is 0.518. The predicted molar refractivity (Wildman–Crippen MR) is 46.1 cm³/mol. The molecule has 2 aromatic heterocycles. The van der Waals surface area contributed by atoms with Crippen molar-refractivity contribution in [2.24, 2.45) is 0 Å². The van der Waals surface area contributed by atoms with Crippen molar-refractivity contribution in [2.75, 3.05) is 14.2 Å². The molecule has 0 N–H and O–H groups in total. The van der Waals surface area contributed by atoms with E-state index in [1.165, 1.54) is 0 Å². The zero-order valence-corrected chi connectivity index (χ0v) is 7.39. The van der Waals surface area contributed by atoms with E-state index in [1.54, 1.807) is 37.1 Å². The van der Waals surface area contributed by atoms with Crippen LogP contribution in [0.15, 0.2) is 18.3 Å². The molecule has 5 nitrogen and oxygen atoms in total. The third-order valence-electron chi connectivity index (χ3n) is 1.72. The first-order valence-electron chi connectivity index (χ1n) is 3.78. The van der Waals surface area contributed by atoms with Crippen LogP contribution in [-0.2, 0) is 0 Å². The number of fused-ring (bicyclic) bond motifs is 1. The largest absolute Gasteiger partial charge is 0.481 e. The maximum atomic E-state index is 5.11. The Morgan fingerprint density at radius 1 is 1.31 bits per heavy atom. The lowest BCUT2D eigenvalue weighted by atomic mass is 10.5. The highest BCUT2D eigenvalue weighted by Gasteiger charge is 2.05. The molecule has 0 saturated carbocycles. The normalized spacial score (nSPS) is 10.3. The van der Waals surface area contributed by atoms with Gasteiger partial charge < -0.3 is 9.47 Å². The number of ether oxygens (including phenoxy) is 2. The third-order valence-corrected chi connectivity index (χ3v) is 1.72. The molecule has 13 heavy (non-hydrogen) atoms. The van der Waals surface area contributed by atoms with E-state index in [1.807, 2.05) is 0 Å². The van der Waals surface area contributed by atoms with Crippen molar-refractivity contribution in [3.05, 3.63) is 18.3 Å². The van der Waals surface area contributed by atoms with Crippen LogP contribution in [0.25, 0.3) is 5.65 Å². The van der Waals surface area contributed by atoms with Crippen LogP contribution >= 0.6 is 0 Å². The molecule has 2 aromatic rings. The summed E-state index contributed by atoms with van der Waals surface area (Å²) < 4.78 is 11.7. The van der Waals surface area contributed by atoms with Gasteiger partial charge >= 0.3 is 0 Å². The quantitative estimate of drug-likeness (QED) is 0.682. The van der Waals surface area contributed by atoms with Gasteiger partial charge in [-0.2, -0.15) is 14.6 Å². The first kappa shape index (κ1) is 7.85. The summed E-state index contributed by atoms with van der Waals surface area (Å²) in [6.45, 7) is 0. The van der Waals surface area contributed by atoms with Gasteiger partial charge in [0.15, 0.2) is 5.65 Å². The molecular formula is C8H9N3O2. The van der Waals surface area contributed by atoms with Gasteiger partial charge in [0.1, 0.15) is 0 Å². The van der Waals surface area contributed by atoms with Crippen LogP contribution in [0.4, 0.5) is 0 Å². The van der Waals surface area contributed by atoms with Crippen molar-refractivity contribution < 1.29 is 9.47 Å². The summed E-state index contributed by atoms with van der Waals surface area (Å²) in [5, 5.41) is 4.04. The molecule has 0 spiro atoms. The fraction of sp³-hybridized carbons (Fsp3) is 0.250. The molecule has 0 amide bonds. The van der Waals surface area contributed by atoms with Crippen LogP contribution in [0.3, 0.4) is 0 Å². The number of nitrogens with zero attached hydrogens (tertiary/aromatic N) is 3. The van der Waals surface area contributed by atoms with E-state index in [9.17, 15) is 0 Å². The Bertz CT molecular complexity index is 424. The molecule has 68 valence electrons. The molecule has 2 heterocycles. The van der Waals surface area contributed by atoms with Crippen LogP contribution in [0, 0.1) is 0 Å². The highest BCUT2D eigenvalue weighted by molar-refractivity contribution is 5.42. The smallest absolute Gasteiger partial charge is 0.221 e. The van der Waals surface area contributed by atoms with Gasteiger partial charge in [-0.05, 0) is 0 Å². The van der Waals surface area contributed by atoms with E-state index in [-0.39, 0.29) is 0 Å². The molecular weight excluding hydrogens is 170 g/mol. The predicted octanol–water partition coefficient (Wildman–Crippen LogP) is 0.746. The lowest BCUT2D eigenvalue weighted by Crippen LogP contribution is -1.99. The summed E-state index contributed by atoms with van der Waals surface area (Å²) in [5.41, 5.74) is 0.705. The monoisotopic (exact) mass is 179 g/mol. The molecule has 0 aliphatic heterocycles. The van der Waals surface area contributed by atoms with Crippen molar-refractivity contribution in [3.63, 3.8) is 0 Å². The first-order valence-corrected chi connectivity index (χ1v) is 3.78. The van der Waals surface area contributed by atoms with Gasteiger partial charge in [-0.1, -0.05) is 0 Å². The van der Waals surface area contributed by atoms with Crippen molar-refractivity contribution >= 4 is 5.65 Å². The topological polar surface area (TPSA) is 48.7 Å². The van der Waals surface area contributed by atoms with Crippen LogP contribution in [0.5, 0.6) is 11.8 Å². The molecule has 5 heteroatoms. The zero-order chi connectivity index (χ0) is 9.26. The second-order valence-corrected chi connectivity index (χ2v) is 2.44. The Balaban J connectivity index is 2.70. The van der Waals surface area contributed by atoms with Gasteiger partial charge in [0.2, 0.25) is 11.8 Å². The fourth-order valence-corrected chi connectivity index (χ4v) is 1.11. The number of hydrogen-bond donors (Lipinski definition) is 0. The Hall–Kier alpha value is -1.78. The number of hydrogen-bond acceptors (Lipinski definition) is 4. The standard InChI is InChI=1S/C8H9N3O2/c1-12-7-5-8(13-2)11-6(10-7)3-4-9-11/h3-5H,1-2H3. The Morgan fingerprint density at radius 3 is 2.85 bits per heavy atom. The Labute approximate surface area is 74.9 Å². The highest BCUT2D eigenvalue weighted by atomic mass is 16.5. The number of methoxy groups -OCH3 is 2. The molecule has 0 bridgehead atoms. The minimum atomic E-state index is 0.518. The van der Waals surface area contributed by atoms with Gasteiger partial charge in [0.05, 0.1) is 26.5 Å². The van der Waals surface area contributed by atoms with Crippen LogP contribution in [0.2, 0.25) is 0 Å². The summed E-state index contributed by atoms with van der Waals surface area (Å²) in [5.74, 6) is 1.12. The lowest BCUT2D eigenvalue weighted by molar-refractivity contribution is 0.365. The average Bonchev–Trinajstić information content (AvgIpc) is 2.63. The molecule has 0 aromatic carbocycles. The Morgan fingerprint density at radius 2 is 2.15 bits per heavy atom. The average molecular weight is 179 g/mol. The van der Waals surface area contributed by atoms with Crippen molar-refractivity contribution in [2.45, 2.75) is 0 Å². The van der Waals surface area contributed by atoms with Gasteiger partial charge in [-0.3, -0.25) is 0 Å². The number of aromatic nitrogens is 3. The van der Waals surface area contributed by atoms with Crippen molar-refractivity contribution in [1.29, 1.82) is 0 Å². The van der Waals surface area contributed by atoms with E-state index in [0.717, 1.165) is 0 Å². The second kappa shape index (κ2) is 2.93. The summed E-state index contributed by atoms with van der Waals surface area (Å²) in [4.78, 5) is 4.16. The fourth-order valence-electron chi connectivity index (χ4n) is 1.11. The minimum Gasteiger partial charge on any atom is -0.481 e. The van der Waals surface area contributed by atoms with E-state index in [4.69, 9.17) is 9.47 Å². The summed E-state index contributed by atoms with van der Waals surface area (Å²) in [6, 6.07) is 3.46. The van der Waals surface area contributed by atoms with Crippen LogP contribution < -0.4 is 9.47 Å². The molecule has 0 unspecified atom stereocenters. The maximum Gasteiger partial charge on any atom is 0.221 e. The maximum absolute atomic E-state index is 5.11. The van der Waals surface area contributed by atoms with Gasteiger partial charge in [0, 0.05) is 6.07 Å². The van der Waals surface area contributed by atoms with E-state index < -0.39 is 0 Å². The van der Waals surface area contributed by atoms with Gasteiger partial charge in [-0.15, -0.1) is 0 Å². The van der Waals surface area contributed by atoms with E-state index >= 15 is 0 Å². The Kier molecular flexibility index (Phi) is 1.77. The van der Waals surface area contributed by atoms with E-state index in [0.29, 0.717) is 17.4 Å². The molecule has 0 aliphatic rings.